The third-order valence-electron chi connectivity index (χ3n) is 5.45. The summed E-state index contributed by atoms with van der Waals surface area (Å²) in [4.78, 5) is 12.2. The van der Waals surface area contributed by atoms with Gasteiger partial charge in [-0.05, 0) is 49.1 Å². The quantitative estimate of drug-likeness (QED) is 0.777. The summed E-state index contributed by atoms with van der Waals surface area (Å²) in [5.74, 6) is 2.76. The molecule has 2 bridgehead atoms. The SMILES string of the molecule is O=C(C[C@H]1C[C@@H]2CC[C@@H]1C2)OCc1cc(Cl)cc2c1OCOC2. The van der Waals surface area contributed by atoms with E-state index >= 15 is 0 Å². The van der Waals surface area contributed by atoms with Crippen LogP contribution in [0.4, 0.5) is 0 Å². The number of halogens is 1. The summed E-state index contributed by atoms with van der Waals surface area (Å²) in [7, 11) is 0. The minimum Gasteiger partial charge on any atom is -0.467 e. The highest BCUT2D eigenvalue weighted by Crippen LogP contribution is 2.49. The van der Waals surface area contributed by atoms with Gasteiger partial charge in [-0.3, -0.25) is 4.79 Å². The Balaban J connectivity index is 1.37. The predicted molar refractivity (Wildman–Crippen MR) is 85.1 cm³/mol. The molecule has 4 rings (SSSR count). The first-order valence-corrected chi connectivity index (χ1v) is 8.74. The van der Waals surface area contributed by atoms with Crippen molar-refractivity contribution in [3.63, 3.8) is 0 Å². The molecule has 23 heavy (non-hydrogen) atoms. The third kappa shape index (κ3) is 3.20. The number of carbonyl (C=O) groups is 1. The van der Waals surface area contributed by atoms with Gasteiger partial charge in [0.05, 0.1) is 6.61 Å². The molecule has 1 aromatic rings. The maximum Gasteiger partial charge on any atom is 0.306 e. The molecule has 1 aromatic carbocycles. The number of rotatable bonds is 4. The van der Waals surface area contributed by atoms with Crippen molar-refractivity contribution in [2.45, 2.75) is 45.3 Å². The fraction of sp³-hybridized carbons (Fsp3) is 0.611. The van der Waals surface area contributed by atoms with Crippen molar-refractivity contribution in [1.82, 2.24) is 0 Å². The Morgan fingerprint density at radius 2 is 2.22 bits per heavy atom. The van der Waals surface area contributed by atoms with E-state index in [2.05, 4.69) is 0 Å². The van der Waals surface area contributed by atoms with Crippen LogP contribution in [0.25, 0.3) is 0 Å². The molecular formula is C18H21ClO4. The van der Waals surface area contributed by atoms with Crippen molar-refractivity contribution < 1.29 is 19.0 Å². The number of esters is 1. The molecule has 0 radical (unpaired) electrons. The lowest BCUT2D eigenvalue weighted by atomic mass is 9.86. The van der Waals surface area contributed by atoms with Gasteiger partial charge in [0.15, 0.2) is 6.79 Å². The van der Waals surface area contributed by atoms with Gasteiger partial charge in [0.2, 0.25) is 0 Å². The fourth-order valence-corrected chi connectivity index (χ4v) is 4.69. The summed E-state index contributed by atoms with van der Waals surface area (Å²) in [6, 6.07) is 3.63. The van der Waals surface area contributed by atoms with Crippen LogP contribution in [0.5, 0.6) is 5.75 Å². The Morgan fingerprint density at radius 3 is 3.00 bits per heavy atom. The van der Waals surface area contributed by atoms with Gasteiger partial charge >= 0.3 is 5.97 Å². The number of hydrogen-bond donors (Lipinski definition) is 0. The first kappa shape index (κ1) is 15.3. The van der Waals surface area contributed by atoms with E-state index in [1.165, 1.54) is 25.7 Å². The maximum atomic E-state index is 12.2. The largest absolute Gasteiger partial charge is 0.467 e. The van der Waals surface area contributed by atoms with Gasteiger partial charge in [0.1, 0.15) is 12.4 Å². The number of hydrogen-bond acceptors (Lipinski definition) is 4. The number of benzene rings is 1. The van der Waals surface area contributed by atoms with Gasteiger partial charge in [-0.2, -0.15) is 0 Å². The highest BCUT2D eigenvalue weighted by Gasteiger charge is 2.40. The van der Waals surface area contributed by atoms with Crippen LogP contribution in [0.3, 0.4) is 0 Å². The minimum absolute atomic E-state index is 0.108. The lowest BCUT2D eigenvalue weighted by Crippen LogP contribution is -2.18. The van der Waals surface area contributed by atoms with Crippen LogP contribution >= 0.6 is 11.6 Å². The van der Waals surface area contributed by atoms with E-state index in [1.807, 2.05) is 6.07 Å². The molecule has 2 aliphatic carbocycles. The van der Waals surface area contributed by atoms with Gasteiger partial charge < -0.3 is 14.2 Å². The zero-order valence-corrected chi connectivity index (χ0v) is 13.8. The highest BCUT2D eigenvalue weighted by atomic mass is 35.5. The summed E-state index contributed by atoms with van der Waals surface area (Å²) in [6.07, 6.45) is 5.71. The molecule has 124 valence electrons. The summed E-state index contributed by atoms with van der Waals surface area (Å²) in [5, 5.41) is 0.608. The molecule has 0 spiro atoms. The molecule has 5 heteroatoms. The molecular weight excluding hydrogens is 316 g/mol. The molecule has 2 saturated carbocycles. The molecule has 0 aromatic heterocycles. The van der Waals surface area contributed by atoms with Crippen LogP contribution in [0.1, 0.15) is 43.2 Å². The molecule has 4 nitrogen and oxygen atoms in total. The molecule has 2 fully saturated rings. The second-order valence-electron chi connectivity index (χ2n) is 6.96. The number of carbonyl (C=O) groups excluding carboxylic acids is 1. The topological polar surface area (TPSA) is 44.8 Å². The summed E-state index contributed by atoms with van der Waals surface area (Å²) >= 11 is 6.13. The van der Waals surface area contributed by atoms with Crippen molar-refractivity contribution in [2.24, 2.45) is 17.8 Å². The van der Waals surface area contributed by atoms with Crippen LogP contribution in [-0.4, -0.2) is 12.8 Å². The van der Waals surface area contributed by atoms with Gasteiger partial charge in [-0.25, -0.2) is 0 Å². The van der Waals surface area contributed by atoms with E-state index < -0.39 is 0 Å². The van der Waals surface area contributed by atoms with Crippen molar-refractivity contribution in [1.29, 1.82) is 0 Å². The normalized spacial score (nSPS) is 28.3. The predicted octanol–water partition coefficient (Wildman–Crippen LogP) is 4.08. The third-order valence-corrected chi connectivity index (χ3v) is 5.67. The summed E-state index contributed by atoms with van der Waals surface area (Å²) in [5.41, 5.74) is 1.72. The molecule has 0 N–H and O–H groups in total. The molecule has 3 atom stereocenters. The molecule has 1 heterocycles. The second kappa shape index (κ2) is 6.33. The maximum absolute atomic E-state index is 12.2. The standard InChI is InChI=1S/C18H21ClO4/c19-16-5-14-8-21-10-23-18(14)15(6-16)9-22-17(20)7-13-4-11-1-2-12(13)3-11/h5-6,11-13H,1-4,7-10H2/t11-,12-,13-/m1/s1. The Morgan fingerprint density at radius 1 is 1.30 bits per heavy atom. The summed E-state index contributed by atoms with van der Waals surface area (Å²) in [6.45, 7) is 0.908. The van der Waals surface area contributed by atoms with Crippen LogP contribution in [0, 0.1) is 17.8 Å². The average Bonchev–Trinajstić information content (AvgIpc) is 3.15. The van der Waals surface area contributed by atoms with Crippen molar-refractivity contribution in [3.8, 4) is 5.75 Å². The summed E-state index contributed by atoms with van der Waals surface area (Å²) < 4.78 is 16.3. The van der Waals surface area contributed by atoms with Crippen LogP contribution in [-0.2, 0) is 27.5 Å². The van der Waals surface area contributed by atoms with Gasteiger partial charge in [0, 0.05) is 22.6 Å². The van der Waals surface area contributed by atoms with E-state index in [1.54, 1.807) is 6.07 Å². The van der Waals surface area contributed by atoms with Gasteiger partial charge in [-0.15, -0.1) is 0 Å². The van der Waals surface area contributed by atoms with Crippen molar-refractivity contribution in [3.05, 3.63) is 28.3 Å². The zero-order chi connectivity index (χ0) is 15.8. The Bertz CT molecular complexity index is 615. The average molecular weight is 337 g/mol. The number of fused-ring (bicyclic) bond motifs is 3. The van der Waals surface area contributed by atoms with Gasteiger partial charge in [0.25, 0.3) is 0 Å². The first-order valence-electron chi connectivity index (χ1n) is 8.36. The molecule has 3 aliphatic rings. The van der Waals surface area contributed by atoms with E-state index in [9.17, 15) is 4.79 Å². The second-order valence-corrected chi connectivity index (χ2v) is 7.40. The van der Waals surface area contributed by atoms with Gasteiger partial charge in [-0.1, -0.05) is 18.0 Å². The Labute approximate surface area is 141 Å². The van der Waals surface area contributed by atoms with E-state index in [0.717, 1.165) is 28.7 Å². The smallest absolute Gasteiger partial charge is 0.306 e. The fourth-order valence-electron chi connectivity index (χ4n) is 4.42. The van der Waals surface area contributed by atoms with E-state index in [0.29, 0.717) is 24.0 Å². The van der Waals surface area contributed by atoms with Crippen LogP contribution in [0.2, 0.25) is 5.02 Å². The van der Waals surface area contributed by atoms with Crippen molar-refractivity contribution >= 4 is 17.6 Å². The first-order chi connectivity index (χ1) is 11.2. The Hall–Kier alpha value is -1.26. The van der Waals surface area contributed by atoms with Crippen LogP contribution < -0.4 is 4.74 Å². The molecule has 0 unspecified atom stereocenters. The minimum atomic E-state index is -0.108. The molecule has 0 amide bonds. The zero-order valence-electron chi connectivity index (χ0n) is 13.1. The van der Waals surface area contributed by atoms with E-state index in [-0.39, 0.29) is 19.4 Å². The molecule has 0 saturated heterocycles. The van der Waals surface area contributed by atoms with E-state index in [4.69, 9.17) is 25.8 Å². The van der Waals surface area contributed by atoms with Crippen molar-refractivity contribution in [2.75, 3.05) is 6.79 Å². The molecule has 1 aliphatic heterocycles. The monoisotopic (exact) mass is 336 g/mol. The Kier molecular flexibility index (Phi) is 4.20. The number of ether oxygens (including phenoxy) is 3. The lowest BCUT2D eigenvalue weighted by Gasteiger charge is -2.22. The highest BCUT2D eigenvalue weighted by molar-refractivity contribution is 6.30. The lowest BCUT2D eigenvalue weighted by molar-refractivity contribution is -0.146. The van der Waals surface area contributed by atoms with Crippen LogP contribution in [0.15, 0.2) is 12.1 Å².